The van der Waals surface area contributed by atoms with Crippen molar-refractivity contribution < 1.29 is 13.6 Å². The summed E-state index contributed by atoms with van der Waals surface area (Å²) >= 11 is 5.76. The van der Waals surface area contributed by atoms with Crippen LogP contribution in [-0.2, 0) is 4.79 Å². The van der Waals surface area contributed by atoms with Crippen LogP contribution in [0.15, 0.2) is 29.5 Å². The van der Waals surface area contributed by atoms with E-state index in [1.165, 1.54) is 6.92 Å². The number of anilines is 1. The Balaban J connectivity index is 1.67. The largest absolute Gasteiger partial charge is 0.362 e. The van der Waals surface area contributed by atoms with Crippen LogP contribution < -0.4 is 10.2 Å². The van der Waals surface area contributed by atoms with E-state index < -0.39 is 36.2 Å². The molecule has 1 aromatic carbocycles. The van der Waals surface area contributed by atoms with Gasteiger partial charge in [-0.3, -0.25) is 19.8 Å². The van der Waals surface area contributed by atoms with Gasteiger partial charge in [0.25, 0.3) is 5.92 Å². The molecule has 0 aliphatic carbocycles. The zero-order valence-electron chi connectivity index (χ0n) is 14.6. The number of aromatic nitrogens is 2. The zero-order chi connectivity index (χ0) is 19.2. The first-order valence-electron chi connectivity index (χ1n) is 8.68. The van der Waals surface area contributed by atoms with Gasteiger partial charge < -0.3 is 10.2 Å². The second-order valence-corrected chi connectivity index (χ2v) is 7.59. The molecule has 3 atom stereocenters. The molecule has 1 saturated heterocycles. The van der Waals surface area contributed by atoms with Crippen molar-refractivity contribution in [3.8, 4) is 0 Å². The summed E-state index contributed by atoms with van der Waals surface area (Å²) in [6, 6.07) is 2.91. The van der Waals surface area contributed by atoms with E-state index in [4.69, 9.17) is 11.6 Å². The Hall–Kier alpha value is -2.35. The van der Waals surface area contributed by atoms with Crippen LogP contribution in [0.1, 0.15) is 24.9 Å². The summed E-state index contributed by atoms with van der Waals surface area (Å²) in [5.74, 6) is -3.40. The van der Waals surface area contributed by atoms with Crippen LogP contribution in [0.3, 0.4) is 0 Å². The first-order valence-corrected chi connectivity index (χ1v) is 9.12. The maximum Gasteiger partial charge on any atom is 0.267 e. The second-order valence-electron chi connectivity index (χ2n) is 6.93. The number of benzene rings is 1. The highest BCUT2D eigenvalue weighted by atomic mass is 35.5. The molecule has 0 bridgehead atoms. The molecule has 4 rings (SSSR count). The van der Waals surface area contributed by atoms with Crippen molar-refractivity contribution >= 4 is 40.4 Å². The maximum atomic E-state index is 14.4. The summed E-state index contributed by atoms with van der Waals surface area (Å²) in [5.41, 5.74) is 2.69. The molecule has 1 N–H and O–H groups in total. The molecule has 6 nitrogen and oxygen atoms in total. The number of carbonyl (C=O) groups excluding carboxylic acids is 1. The van der Waals surface area contributed by atoms with Gasteiger partial charge in [0, 0.05) is 37.1 Å². The van der Waals surface area contributed by atoms with E-state index in [1.54, 1.807) is 29.6 Å². The van der Waals surface area contributed by atoms with E-state index in [2.05, 4.69) is 20.3 Å². The third-order valence-corrected chi connectivity index (χ3v) is 4.91. The Labute approximate surface area is 159 Å². The van der Waals surface area contributed by atoms with Crippen LogP contribution in [0.2, 0.25) is 0 Å². The molecule has 2 aliphatic rings. The molecule has 1 aromatic heterocycles. The Morgan fingerprint density at radius 2 is 2.04 bits per heavy atom. The smallest absolute Gasteiger partial charge is 0.267 e. The van der Waals surface area contributed by atoms with Gasteiger partial charge >= 0.3 is 0 Å². The average Bonchev–Trinajstić information content (AvgIpc) is 3.44. The standard InChI is InChI=1S/C18H18ClF2N5O/c1-10(19)17(27)25-11-6-18(20,21)9-26(8-11)14-3-2-12(13-7-24-13)15-16(14)23-5-4-22-15/h2-5,7,10-11,13H,6,8-9H2,1H3,(H,25,27). The van der Waals surface area contributed by atoms with Crippen LogP contribution in [-0.4, -0.2) is 52.5 Å². The van der Waals surface area contributed by atoms with E-state index in [1.807, 2.05) is 6.07 Å². The lowest BCUT2D eigenvalue weighted by atomic mass is 10.00. The lowest BCUT2D eigenvalue weighted by molar-refractivity contribution is -0.122. The van der Waals surface area contributed by atoms with E-state index in [0.717, 1.165) is 5.56 Å². The van der Waals surface area contributed by atoms with Gasteiger partial charge in [0.2, 0.25) is 5.91 Å². The van der Waals surface area contributed by atoms with Gasteiger partial charge in [-0.15, -0.1) is 11.6 Å². The number of nitrogens with one attached hydrogen (secondary N) is 1. The highest BCUT2D eigenvalue weighted by molar-refractivity contribution is 6.30. The molecular formula is C18H18ClF2N5O. The van der Waals surface area contributed by atoms with Gasteiger partial charge in [0.15, 0.2) is 0 Å². The molecule has 27 heavy (non-hydrogen) atoms. The minimum Gasteiger partial charge on any atom is -0.362 e. The van der Waals surface area contributed by atoms with E-state index in [9.17, 15) is 13.6 Å². The summed E-state index contributed by atoms with van der Waals surface area (Å²) in [6.07, 6.45) is 4.50. The molecule has 1 amide bonds. The third-order valence-electron chi connectivity index (χ3n) is 4.71. The Morgan fingerprint density at radius 3 is 2.70 bits per heavy atom. The van der Waals surface area contributed by atoms with E-state index in [-0.39, 0.29) is 12.6 Å². The number of halogens is 3. The van der Waals surface area contributed by atoms with E-state index in [0.29, 0.717) is 16.7 Å². The van der Waals surface area contributed by atoms with Crippen LogP contribution in [0, 0.1) is 0 Å². The van der Waals surface area contributed by atoms with Gasteiger partial charge in [-0.2, -0.15) is 0 Å². The Bertz CT molecular complexity index is 914. The fraction of sp³-hybridized carbons (Fsp3) is 0.444. The van der Waals surface area contributed by atoms with Crippen molar-refractivity contribution in [3.05, 3.63) is 30.1 Å². The fourth-order valence-electron chi connectivity index (χ4n) is 3.46. The molecule has 0 radical (unpaired) electrons. The first-order chi connectivity index (χ1) is 12.8. The SMILES string of the molecule is CC(Cl)C(=O)NC1CN(c2ccc(C3C=N3)c3nccnc23)CC(F)(F)C1. The van der Waals surface area contributed by atoms with Gasteiger partial charge in [0.1, 0.15) is 16.9 Å². The molecule has 3 heterocycles. The molecule has 3 unspecified atom stereocenters. The number of fused-ring (bicyclic) bond motifs is 1. The molecule has 2 aliphatic heterocycles. The van der Waals surface area contributed by atoms with Crippen molar-refractivity contribution in [2.45, 2.75) is 36.7 Å². The Kier molecular flexibility index (Phi) is 4.46. The highest BCUT2D eigenvalue weighted by Crippen LogP contribution is 2.37. The summed E-state index contributed by atoms with van der Waals surface area (Å²) in [5, 5.41) is 1.83. The monoisotopic (exact) mass is 393 g/mol. The van der Waals surface area contributed by atoms with Crippen LogP contribution >= 0.6 is 11.6 Å². The second kappa shape index (κ2) is 6.67. The predicted octanol–water partition coefficient (Wildman–Crippen LogP) is 2.71. The number of rotatable bonds is 4. The number of nitrogens with zero attached hydrogens (tertiary/aromatic N) is 4. The van der Waals surface area contributed by atoms with Crippen molar-refractivity contribution in [1.29, 1.82) is 0 Å². The van der Waals surface area contributed by atoms with Crippen LogP contribution in [0.4, 0.5) is 14.5 Å². The van der Waals surface area contributed by atoms with Crippen molar-refractivity contribution in [2.24, 2.45) is 4.99 Å². The number of hydrogen-bond acceptors (Lipinski definition) is 5. The highest BCUT2D eigenvalue weighted by Gasteiger charge is 2.42. The molecule has 2 aromatic rings. The van der Waals surface area contributed by atoms with Crippen molar-refractivity contribution in [1.82, 2.24) is 15.3 Å². The maximum absolute atomic E-state index is 14.4. The molecule has 0 saturated carbocycles. The number of aliphatic imine (C=N–C) groups is 1. The van der Waals surface area contributed by atoms with Crippen molar-refractivity contribution in [3.63, 3.8) is 0 Å². The molecular weight excluding hydrogens is 376 g/mol. The predicted molar refractivity (Wildman–Crippen MR) is 99.8 cm³/mol. The summed E-state index contributed by atoms with van der Waals surface area (Å²) in [6.45, 7) is 1.31. The molecule has 0 spiro atoms. The first kappa shape index (κ1) is 18.0. The number of amides is 1. The zero-order valence-corrected chi connectivity index (χ0v) is 15.3. The average molecular weight is 394 g/mol. The number of carbonyl (C=O) groups is 1. The Morgan fingerprint density at radius 1 is 1.33 bits per heavy atom. The van der Waals surface area contributed by atoms with Gasteiger partial charge in [-0.05, 0) is 13.0 Å². The number of piperidine rings is 1. The lowest BCUT2D eigenvalue weighted by Gasteiger charge is -2.39. The van der Waals surface area contributed by atoms with E-state index >= 15 is 0 Å². The summed E-state index contributed by atoms with van der Waals surface area (Å²) in [7, 11) is 0. The number of hydrogen-bond donors (Lipinski definition) is 1. The van der Waals surface area contributed by atoms with Crippen LogP contribution in [0.5, 0.6) is 0 Å². The normalized spacial score (nSPS) is 24.7. The molecule has 1 fully saturated rings. The van der Waals surface area contributed by atoms with Gasteiger partial charge in [-0.1, -0.05) is 6.07 Å². The lowest BCUT2D eigenvalue weighted by Crippen LogP contribution is -2.56. The molecule has 9 heteroatoms. The van der Waals surface area contributed by atoms with Crippen LogP contribution in [0.25, 0.3) is 11.0 Å². The minimum absolute atomic E-state index is 0.0155. The number of alkyl halides is 3. The summed E-state index contributed by atoms with van der Waals surface area (Å²) in [4.78, 5) is 26.3. The fourth-order valence-corrected chi connectivity index (χ4v) is 3.52. The minimum atomic E-state index is -2.95. The quantitative estimate of drug-likeness (QED) is 0.811. The third kappa shape index (κ3) is 3.71. The van der Waals surface area contributed by atoms with Gasteiger partial charge in [-0.25, -0.2) is 8.78 Å². The summed E-state index contributed by atoms with van der Waals surface area (Å²) < 4.78 is 28.8. The van der Waals surface area contributed by atoms with Crippen molar-refractivity contribution in [2.75, 3.05) is 18.0 Å². The van der Waals surface area contributed by atoms with Gasteiger partial charge in [0.05, 0.1) is 23.8 Å². The molecule has 142 valence electrons. The topological polar surface area (TPSA) is 70.5 Å².